The Kier molecular flexibility index (Phi) is 9.82. The second-order valence-electron chi connectivity index (χ2n) is 16.6. The first-order chi connectivity index (χ1) is 23.2. The van der Waals surface area contributed by atoms with Crippen molar-refractivity contribution in [2.75, 3.05) is 20.3 Å². The second kappa shape index (κ2) is 13.3. The molecule has 0 bridgehead atoms. The van der Waals surface area contributed by atoms with Crippen molar-refractivity contribution in [1.82, 2.24) is 0 Å². The predicted octanol–water partition coefficient (Wildman–Crippen LogP) is 0.934. The second-order valence-corrected chi connectivity index (χ2v) is 16.6. The third-order valence-corrected chi connectivity index (χ3v) is 14.4. The third kappa shape index (κ3) is 5.83. The predicted molar refractivity (Wildman–Crippen MR) is 170 cm³/mol. The van der Waals surface area contributed by atoms with Crippen LogP contribution in [0.15, 0.2) is 11.6 Å². The van der Waals surface area contributed by atoms with Crippen molar-refractivity contribution in [2.45, 2.75) is 152 Å². The SMILES string of the molecule is CO[C@H]1[C@@H](O)[C@H](C)O[C@@H](OC[C@@H]2O[C@H](O[C@H]3CC[C@]4(C)[C@@H](CC[C@H]5[C@H]4CC[C@@]4(C)[C@H](C6=CC(=O)OC6)CC[C@]54O)C3)[C@@H](O)[C@H](O)[C@H]2O)[C@@H]1O. The number of carbonyl (C=O) groups excluding carboxylic acids is 1. The molecular weight excluding hydrogens is 640 g/mol. The number of esters is 1. The van der Waals surface area contributed by atoms with Gasteiger partial charge in [-0.25, -0.2) is 4.79 Å². The van der Waals surface area contributed by atoms with E-state index in [0.717, 1.165) is 63.4 Å². The average Bonchev–Trinajstić information content (AvgIpc) is 3.62. The summed E-state index contributed by atoms with van der Waals surface area (Å²) in [6.45, 7) is 6.30. The van der Waals surface area contributed by atoms with Crippen LogP contribution in [0.25, 0.3) is 0 Å². The van der Waals surface area contributed by atoms with Crippen molar-refractivity contribution in [2.24, 2.45) is 34.5 Å². The number of hydrogen-bond acceptors (Lipinski definition) is 13. The fraction of sp³-hybridized carbons (Fsp3) is 0.917. The van der Waals surface area contributed by atoms with Gasteiger partial charge in [0.2, 0.25) is 0 Å². The number of aliphatic hydroxyl groups is 6. The maximum atomic E-state index is 12.5. The molecule has 0 aromatic carbocycles. The number of ether oxygens (including phenoxy) is 6. The molecule has 13 nitrogen and oxygen atoms in total. The summed E-state index contributed by atoms with van der Waals surface area (Å²) >= 11 is 0. The van der Waals surface area contributed by atoms with Crippen LogP contribution < -0.4 is 0 Å². The number of rotatable bonds is 7. The van der Waals surface area contributed by atoms with Crippen molar-refractivity contribution in [3.8, 4) is 0 Å². The summed E-state index contributed by atoms with van der Waals surface area (Å²) in [6.07, 6.45) is -2.69. The van der Waals surface area contributed by atoms with Crippen LogP contribution in [0.2, 0.25) is 0 Å². The first-order valence-corrected chi connectivity index (χ1v) is 18.3. The minimum atomic E-state index is -1.54. The Hall–Kier alpha value is -1.23. The molecule has 278 valence electrons. The summed E-state index contributed by atoms with van der Waals surface area (Å²) in [5.74, 6) is 0.789. The van der Waals surface area contributed by atoms with Gasteiger partial charge in [-0.1, -0.05) is 13.8 Å². The van der Waals surface area contributed by atoms with Crippen LogP contribution >= 0.6 is 0 Å². The molecular formula is C36H56O13. The minimum absolute atomic E-state index is 0.0212. The normalized spacial score (nSPS) is 54.4. The molecule has 13 heteroatoms. The zero-order valence-corrected chi connectivity index (χ0v) is 29.1. The van der Waals surface area contributed by atoms with E-state index in [-0.39, 0.29) is 41.3 Å². The summed E-state index contributed by atoms with van der Waals surface area (Å²) in [7, 11) is 1.37. The first-order valence-electron chi connectivity index (χ1n) is 18.3. The Morgan fingerprint density at radius 3 is 2.35 bits per heavy atom. The summed E-state index contributed by atoms with van der Waals surface area (Å²) in [4.78, 5) is 11.9. The van der Waals surface area contributed by atoms with Gasteiger partial charge in [-0.15, -0.1) is 0 Å². The lowest BCUT2D eigenvalue weighted by Gasteiger charge is -2.64. The summed E-state index contributed by atoms with van der Waals surface area (Å²) in [5.41, 5.74) is -0.0206. The van der Waals surface area contributed by atoms with E-state index < -0.39 is 67.0 Å². The Balaban J connectivity index is 0.982. The molecule has 49 heavy (non-hydrogen) atoms. The zero-order valence-electron chi connectivity index (χ0n) is 29.1. The van der Waals surface area contributed by atoms with Crippen LogP contribution in [-0.2, 0) is 33.2 Å². The van der Waals surface area contributed by atoms with Gasteiger partial charge in [0.05, 0.1) is 24.4 Å². The number of cyclic esters (lactones) is 1. The minimum Gasteiger partial charge on any atom is -0.458 e. The van der Waals surface area contributed by atoms with Crippen LogP contribution in [0.3, 0.4) is 0 Å². The van der Waals surface area contributed by atoms with Crippen molar-refractivity contribution < 1.29 is 63.9 Å². The molecule has 0 unspecified atom stereocenters. The Bertz CT molecular complexity index is 1260. The van der Waals surface area contributed by atoms with E-state index in [2.05, 4.69) is 13.8 Å². The summed E-state index contributed by atoms with van der Waals surface area (Å²) < 4.78 is 34.2. The average molecular weight is 697 g/mol. The molecule has 2 saturated heterocycles. The van der Waals surface area contributed by atoms with Crippen LogP contribution in [0, 0.1) is 34.5 Å². The summed E-state index contributed by atoms with van der Waals surface area (Å²) in [5, 5.41) is 65.7. The highest BCUT2D eigenvalue weighted by atomic mass is 16.7. The van der Waals surface area contributed by atoms with Gasteiger partial charge >= 0.3 is 5.97 Å². The number of fused-ring (bicyclic) bond motifs is 5. The van der Waals surface area contributed by atoms with E-state index in [9.17, 15) is 35.4 Å². The molecule has 0 spiro atoms. The highest BCUT2D eigenvalue weighted by molar-refractivity contribution is 5.85. The van der Waals surface area contributed by atoms with Gasteiger partial charge in [-0.2, -0.15) is 0 Å². The largest absolute Gasteiger partial charge is 0.458 e. The Morgan fingerprint density at radius 2 is 1.63 bits per heavy atom. The smallest absolute Gasteiger partial charge is 0.331 e. The zero-order chi connectivity index (χ0) is 35.0. The highest BCUT2D eigenvalue weighted by Gasteiger charge is 2.68. The van der Waals surface area contributed by atoms with E-state index in [1.807, 2.05) is 0 Å². The molecule has 7 rings (SSSR count). The standard InChI is InChI=1S/C36H56O13/c1-17-26(38)31(44-4)30(42)32(47-17)46-16-24-27(39)28(40)29(41)33(49-24)48-20-7-10-34(2)19(14-20)5-6-23-22(34)8-11-35(3)21(9-12-36(23,35)43)18-13-25(37)45-15-18/h13,17,19-24,26-33,38-43H,5-12,14-16H2,1-4H3/t17-,19-,20-,21-,22+,23-,24-,26-,27-,28+,29-,30+,31-,32+,33-,34+,35-,36-/m0/s1. The van der Waals surface area contributed by atoms with E-state index in [4.69, 9.17) is 28.4 Å². The Labute approximate surface area is 287 Å². The molecule has 0 aromatic rings. The molecule has 0 radical (unpaired) electrons. The topological polar surface area (TPSA) is 194 Å². The lowest BCUT2D eigenvalue weighted by Crippen LogP contribution is -2.63. The van der Waals surface area contributed by atoms with Gasteiger partial charge in [0.15, 0.2) is 12.6 Å². The molecule has 6 fully saturated rings. The highest BCUT2D eigenvalue weighted by Crippen LogP contribution is 2.70. The van der Waals surface area contributed by atoms with Gasteiger partial charge < -0.3 is 59.1 Å². The van der Waals surface area contributed by atoms with Crippen LogP contribution in [0.5, 0.6) is 0 Å². The maximum Gasteiger partial charge on any atom is 0.331 e. The third-order valence-electron chi connectivity index (χ3n) is 14.4. The summed E-state index contributed by atoms with van der Waals surface area (Å²) in [6, 6.07) is 0. The van der Waals surface area contributed by atoms with Crippen LogP contribution in [0.4, 0.5) is 0 Å². The molecule has 4 aliphatic carbocycles. The van der Waals surface area contributed by atoms with Crippen molar-refractivity contribution in [1.29, 1.82) is 0 Å². The molecule has 3 aliphatic heterocycles. The fourth-order valence-corrected chi connectivity index (χ4v) is 11.5. The van der Waals surface area contributed by atoms with Crippen LogP contribution in [0.1, 0.15) is 78.6 Å². The molecule has 18 atom stereocenters. The van der Waals surface area contributed by atoms with Gasteiger partial charge in [-0.3, -0.25) is 0 Å². The van der Waals surface area contributed by atoms with Gasteiger partial charge in [0.25, 0.3) is 0 Å². The first kappa shape index (κ1) is 36.1. The number of hydrogen-bond donors (Lipinski definition) is 6. The van der Waals surface area contributed by atoms with E-state index in [1.54, 1.807) is 13.0 Å². The van der Waals surface area contributed by atoms with Crippen molar-refractivity contribution in [3.63, 3.8) is 0 Å². The lowest BCUT2D eigenvalue weighted by atomic mass is 9.43. The Morgan fingerprint density at radius 1 is 0.857 bits per heavy atom. The van der Waals surface area contributed by atoms with Crippen molar-refractivity contribution in [3.05, 3.63) is 11.6 Å². The molecule has 4 saturated carbocycles. The molecule has 0 aromatic heterocycles. The number of aliphatic hydroxyl groups excluding tert-OH is 5. The fourth-order valence-electron chi connectivity index (χ4n) is 11.5. The molecule has 3 heterocycles. The van der Waals surface area contributed by atoms with Gasteiger partial charge in [0.1, 0.15) is 49.3 Å². The maximum absolute atomic E-state index is 12.5. The molecule has 7 aliphatic rings. The van der Waals surface area contributed by atoms with E-state index in [1.165, 1.54) is 7.11 Å². The quantitative estimate of drug-likeness (QED) is 0.163. The molecule has 0 amide bonds. The number of carbonyl (C=O) groups is 1. The van der Waals surface area contributed by atoms with Crippen molar-refractivity contribution >= 4 is 5.97 Å². The van der Waals surface area contributed by atoms with E-state index >= 15 is 0 Å². The monoisotopic (exact) mass is 696 g/mol. The van der Waals surface area contributed by atoms with Gasteiger partial charge in [0, 0.05) is 18.6 Å². The van der Waals surface area contributed by atoms with Crippen LogP contribution in [-0.4, -0.2) is 130 Å². The number of methoxy groups -OCH3 is 1. The van der Waals surface area contributed by atoms with E-state index in [0.29, 0.717) is 18.4 Å². The van der Waals surface area contributed by atoms with Gasteiger partial charge in [-0.05, 0) is 99.4 Å². The lowest BCUT2D eigenvalue weighted by molar-refractivity contribution is -0.337. The molecule has 6 N–H and O–H groups in total.